The van der Waals surface area contributed by atoms with Gasteiger partial charge in [0.1, 0.15) is 12.4 Å². The molecule has 0 unspecified atom stereocenters. The summed E-state index contributed by atoms with van der Waals surface area (Å²) in [6.07, 6.45) is 1.20. The fraction of sp³-hybridized carbons (Fsp3) is 0.241. The Kier molecular flexibility index (Phi) is 7.22. The van der Waals surface area contributed by atoms with Crippen LogP contribution in [-0.4, -0.2) is 23.4 Å². The van der Waals surface area contributed by atoms with E-state index in [0.717, 1.165) is 28.3 Å². The van der Waals surface area contributed by atoms with Crippen molar-refractivity contribution in [3.05, 3.63) is 105 Å². The lowest BCUT2D eigenvalue weighted by Gasteiger charge is -2.42. The summed E-state index contributed by atoms with van der Waals surface area (Å²) < 4.78 is 5.90. The Morgan fingerprint density at radius 1 is 1.06 bits per heavy atom. The van der Waals surface area contributed by atoms with Gasteiger partial charge in [0.05, 0.1) is 29.2 Å². The first-order valence-corrected chi connectivity index (χ1v) is 13.3. The third-order valence-corrected chi connectivity index (χ3v) is 8.16. The molecule has 0 aromatic heterocycles. The minimum atomic E-state index is -0.256. The summed E-state index contributed by atoms with van der Waals surface area (Å²) in [6, 6.07) is 26.0. The molecule has 7 heteroatoms. The molecule has 5 rings (SSSR count). The normalized spacial score (nSPS) is 17.6. The van der Waals surface area contributed by atoms with E-state index >= 15 is 0 Å². The zero-order chi connectivity index (χ0) is 25.1. The summed E-state index contributed by atoms with van der Waals surface area (Å²) in [5.41, 5.74) is 4.92. The second-order valence-electron chi connectivity index (χ2n) is 8.80. The first kappa shape index (κ1) is 24.3. The number of anilines is 1. The van der Waals surface area contributed by atoms with E-state index in [1.54, 1.807) is 16.7 Å². The van der Waals surface area contributed by atoms with Crippen molar-refractivity contribution < 1.29 is 9.53 Å². The highest BCUT2D eigenvalue weighted by Gasteiger charge is 2.38. The third kappa shape index (κ3) is 4.82. The summed E-state index contributed by atoms with van der Waals surface area (Å²) in [5, 5.41) is 11.5. The fourth-order valence-corrected chi connectivity index (χ4v) is 6.04. The summed E-state index contributed by atoms with van der Waals surface area (Å²) in [7, 11) is 0. The van der Waals surface area contributed by atoms with Gasteiger partial charge in [-0.15, -0.1) is 0 Å². The molecule has 0 bridgehead atoms. The zero-order valence-electron chi connectivity index (χ0n) is 20.0. The maximum atomic E-state index is 13.3. The Balaban J connectivity index is 1.34. The number of hydrogen-bond acceptors (Lipinski definition) is 5. The van der Waals surface area contributed by atoms with Crippen molar-refractivity contribution in [2.45, 2.75) is 32.3 Å². The van der Waals surface area contributed by atoms with Crippen LogP contribution in [0.25, 0.3) is 0 Å². The number of thioether (sulfide) groups is 1. The number of hydrogen-bond donors (Lipinski definition) is 0. The Labute approximate surface area is 220 Å². The third-order valence-electron chi connectivity index (χ3n) is 6.64. The first-order valence-electron chi connectivity index (χ1n) is 12.0. The van der Waals surface area contributed by atoms with E-state index < -0.39 is 0 Å². The Morgan fingerprint density at radius 3 is 2.50 bits per heavy atom. The van der Waals surface area contributed by atoms with Crippen LogP contribution in [0.1, 0.15) is 36.0 Å². The van der Waals surface area contributed by atoms with Crippen LogP contribution in [-0.2, 0) is 17.8 Å². The molecule has 2 aliphatic heterocycles. The van der Waals surface area contributed by atoms with Crippen molar-refractivity contribution in [1.82, 2.24) is 4.90 Å². The molecule has 182 valence electrons. The minimum absolute atomic E-state index is 0.0409. The monoisotopic (exact) mass is 515 g/mol. The smallest absolute Gasteiger partial charge is 0.229 e. The van der Waals surface area contributed by atoms with Crippen molar-refractivity contribution in [3.8, 4) is 11.8 Å². The summed E-state index contributed by atoms with van der Waals surface area (Å²) in [4.78, 5) is 17.3. The highest BCUT2D eigenvalue weighted by atomic mass is 35.5. The Hall–Kier alpha value is -3.40. The average Bonchev–Trinajstić information content (AvgIpc) is 2.92. The van der Waals surface area contributed by atoms with Crippen molar-refractivity contribution in [3.63, 3.8) is 0 Å². The lowest BCUT2D eigenvalue weighted by atomic mass is 9.86. The van der Waals surface area contributed by atoms with Gasteiger partial charge in [-0.05, 0) is 41.8 Å². The van der Waals surface area contributed by atoms with Gasteiger partial charge in [-0.25, -0.2) is 0 Å². The fourth-order valence-electron chi connectivity index (χ4n) is 4.69. The van der Waals surface area contributed by atoms with Crippen LogP contribution in [0.3, 0.4) is 0 Å². The summed E-state index contributed by atoms with van der Waals surface area (Å²) >= 11 is 7.79. The molecule has 36 heavy (non-hydrogen) atoms. The van der Waals surface area contributed by atoms with E-state index in [1.165, 1.54) is 5.56 Å². The summed E-state index contributed by atoms with van der Waals surface area (Å²) in [6.45, 7) is 2.97. The molecule has 0 N–H and O–H groups in total. The van der Waals surface area contributed by atoms with Gasteiger partial charge in [-0.1, -0.05) is 78.8 Å². The molecule has 1 atom stereocenters. The molecule has 3 aromatic rings. The van der Waals surface area contributed by atoms with Gasteiger partial charge in [0, 0.05) is 28.6 Å². The van der Waals surface area contributed by atoms with Gasteiger partial charge in [0.2, 0.25) is 5.91 Å². The predicted molar refractivity (Wildman–Crippen MR) is 145 cm³/mol. The van der Waals surface area contributed by atoms with Crippen LogP contribution in [0.15, 0.2) is 83.4 Å². The SMILES string of the molecule is CCc1ccccc1N1CSC2=C(C#N)[C@H](c3ccc(OCc4ccccc4Cl)cc3)CC(=O)N2C1. The van der Waals surface area contributed by atoms with Gasteiger partial charge in [0.25, 0.3) is 0 Å². The maximum Gasteiger partial charge on any atom is 0.229 e. The van der Waals surface area contributed by atoms with Crippen LogP contribution < -0.4 is 9.64 Å². The van der Waals surface area contributed by atoms with E-state index in [2.05, 4.69) is 30.0 Å². The molecular formula is C29H26ClN3O2S. The molecular weight excluding hydrogens is 490 g/mol. The number of nitriles is 1. The van der Waals surface area contributed by atoms with Gasteiger partial charge in [0.15, 0.2) is 0 Å². The maximum absolute atomic E-state index is 13.3. The molecule has 1 saturated heterocycles. The first-order chi connectivity index (χ1) is 17.6. The molecule has 5 nitrogen and oxygen atoms in total. The molecule has 1 amide bonds. The number of halogens is 1. The topological polar surface area (TPSA) is 56.6 Å². The number of fused-ring (bicyclic) bond motifs is 1. The number of nitrogens with zero attached hydrogens (tertiary/aromatic N) is 3. The lowest BCUT2D eigenvalue weighted by molar-refractivity contribution is -0.129. The number of carbonyl (C=O) groups is 1. The van der Waals surface area contributed by atoms with E-state index in [0.29, 0.717) is 35.5 Å². The number of allylic oxidation sites excluding steroid dienone is 1. The van der Waals surface area contributed by atoms with Crippen molar-refractivity contribution >= 4 is 35.0 Å². The summed E-state index contributed by atoms with van der Waals surface area (Å²) in [5.74, 6) is 1.20. The number of amides is 1. The quantitative estimate of drug-likeness (QED) is 0.365. The van der Waals surface area contributed by atoms with Crippen molar-refractivity contribution in [2.24, 2.45) is 0 Å². The minimum Gasteiger partial charge on any atom is -0.489 e. The highest BCUT2D eigenvalue weighted by Crippen LogP contribution is 2.43. The Morgan fingerprint density at radius 2 is 1.78 bits per heavy atom. The number of para-hydroxylation sites is 1. The van der Waals surface area contributed by atoms with Crippen LogP contribution in [0.4, 0.5) is 5.69 Å². The van der Waals surface area contributed by atoms with Gasteiger partial charge < -0.3 is 9.64 Å². The van der Waals surface area contributed by atoms with E-state index in [4.69, 9.17) is 16.3 Å². The molecule has 2 aliphatic rings. The number of carbonyl (C=O) groups excluding carboxylic acids is 1. The lowest BCUT2D eigenvalue weighted by Crippen LogP contribution is -2.47. The standard InChI is InChI=1S/C29H26ClN3O2S/c1-2-20-7-4-6-10-27(20)32-18-33-28(34)15-24(25(16-31)29(33)36-19-32)21-11-13-23(14-12-21)35-17-22-8-3-5-9-26(22)30/h3-14,24H,2,15,17-19H2,1H3/t24-/m0/s1. The van der Waals surface area contributed by atoms with E-state index in [-0.39, 0.29) is 18.2 Å². The number of benzene rings is 3. The van der Waals surface area contributed by atoms with E-state index in [9.17, 15) is 10.1 Å². The molecule has 1 fully saturated rings. The molecule has 0 spiro atoms. The van der Waals surface area contributed by atoms with Gasteiger partial charge in [-0.3, -0.25) is 9.69 Å². The molecule has 2 heterocycles. The zero-order valence-corrected chi connectivity index (χ0v) is 21.6. The van der Waals surface area contributed by atoms with E-state index in [1.807, 2.05) is 60.7 Å². The van der Waals surface area contributed by atoms with Crippen LogP contribution in [0, 0.1) is 11.3 Å². The van der Waals surface area contributed by atoms with Crippen molar-refractivity contribution in [1.29, 1.82) is 5.26 Å². The second kappa shape index (κ2) is 10.7. The molecule has 0 radical (unpaired) electrons. The van der Waals surface area contributed by atoms with Crippen LogP contribution >= 0.6 is 23.4 Å². The molecule has 0 saturated carbocycles. The largest absolute Gasteiger partial charge is 0.489 e. The molecule has 3 aromatic carbocycles. The Bertz CT molecular complexity index is 1350. The number of aryl methyl sites for hydroxylation is 1. The highest BCUT2D eigenvalue weighted by molar-refractivity contribution is 8.03. The number of rotatable bonds is 6. The van der Waals surface area contributed by atoms with Crippen molar-refractivity contribution in [2.75, 3.05) is 17.4 Å². The van der Waals surface area contributed by atoms with Gasteiger partial charge in [-0.2, -0.15) is 5.26 Å². The number of ether oxygens (including phenoxy) is 1. The van der Waals surface area contributed by atoms with Crippen LogP contribution in [0.5, 0.6) is 5.75 Å². The molecule has 0 aliphatic carbocycles. The predicted octanol–water partition coefficient (Wildman–Crippen LogP) is 6.70. The average molecular weight is 516 g/mol. The second-order valence-corrected chi connectivity index (χ2v) is 10.1. The van der Waals surface area contributed by atoms with Gasteiger partial charge >= 0.3 is 0 Å². The van der Waals surface area contributed by atoms with Crippen LogP contribution in [0.2, 0.25) is 5.02 Å².